The summed E-state index contributed by atoms with van der Waals surface area (Å²) in [6.45, 7) is 2.19. The van der Waals surface area contributed by atoms with E-state index in [0.717, 1.165) is 5.56 Å². The molecule has 0 fully saturated rings. The van der Waals surface area contributed by atoms with Gasteiger partial charge in [0.15, 0.2) is 0 Å². The third-order valence-electron chi connectivity index (χ3n) is 2.55. The predicted molar refractivity (Wildman–Crippen MR) is 75.7 cm³/mol. The number of nitrogens with two attached hydrogens (primary N) is 1. The normalized spacial score (nSPS) is 11.1. The molecule has 1 amide bonds. The number of rotatable bonds is 6. The molecule has 7 heteroatoms. The Bertz CT molecular complexity index is 555. The molecule has 0 saturated heterocycles. The fourth-order valence-corrected chi connectivity index (χ4v) is 2.27. The lowest BCUT2D eigenvalue weighted by Gasteiger charge is -2.10. The minimum Gasteiger partial charge on any atom is -0.352 e. The molecule has 0 radical (unpaired) electrons. The molecule has 106 valence electrons. The van der Waals surface area contributed by atoms with Crippen LogP contribution in [0.5, 0.6) is 0 Å². The van der Waals surface area contributed by atoms with Crippen molar-refractivity contribution < 1.29 is 13.2 Å². The van der Waals surface area contributed by atoms with Gasteiger partial charge < -0.3 is 10.7 Å². The smallest absolute Gasteiger partial charge is 0.253 e. The van der Waals surface area contributed by atoms with Gasteiger partial charge in [-0.25, -0.2) is 8.42 Å². The van der Waals surface area contributed by atoms with E-state index in [0.29, 0.717) is 24.2 Å². The fraction of sp³-hybridized carbons (Fsp3) is 0.417. The number of carbonyl (C=O) groups excluding carboxylic acids is 1. The van der Waals surface area contributed by atoms with Crippen LogP contribution >= 0.6 is 0 Å². The number of carbonyl (C=O) groups is 1. The number of benzene rings is 1. The van der Waals surface area contributed by atoms with Crippen molar-refractivity contribution in [3.8, 4) is 0 Å². The van der Waals surface area contributed by atoms with E-state index in [1.807, 2.05) is 13.0 Å². The van der Waals surface area contributed by atoms with Gasteiger partial charge in [-0.15, -0.1) is 0 Å². The molecule has 0 bridgehead atoms. The van der Waals surface area contributed by atoms with Crippen molar-refractivity contribution in [2.24, 2.45) is 5.84 Å². The molecule has 0 spiro atoms. The number of hydrazine groups is 1. The standard InChI is InChI=1S/C12H19N3O3S/c1-9-4-5-11(15-13)10(8-9)12(16)14-6-3-7-19(2,17)18/h4-5,8,15H,3,6-7,13H2,1-2H3,(H,14,16). The highest BCUT2D eigenvalue weighted by Crippen LogP contribution is 2.15. The summed E-state index contributed by atoms with van der Waals surface area (Å²) in [6, 6.07) is 5.29. The molecule has 1 aromatic rings. The molecule has 0 aliphatic rings. The predicted octanol–water partition coefficient (Wildman–Crippen LogP) is 0.445. The summed E-state index contributed by atoms with van der Waals surface area (Å²) in [5, 5.41) is 2.67. The first kappa shape index (κ1) is 15.5. The van der Waals surface area contributed by atoms with E-state index in [-0.39, 0.29) is 11.7 Å². The van der Waals surface area contributed by atoms with E-state index in [4.69, 9.17) is 5.84 Å². The van der Waals surface area contributed by atoms with Crippen LogP contribution in [0.2, 0.25) is 0 Å². The molecular weight excluding hydrogens is 266 g/mol. The molecule has 1 aromatic carbocycles. The van der Waals surface area contributed by atoms with E-state index in [9.17, 15) is 13.2 Å². The van der Waals surface area contributed by atoms with Crippen LogP contribution in [0.3, 0.4) is 0 Å². The number of aryl methyl sites for hydroxylation is 1. The highest BCUT2D eigenvalue weighted by Gasteiger charge is 2.11. The lowest BCUT2D eigenvalue weighted by atomic mass is 10.1. The summed E-state index contributed by atoms with van der Waals surface area (Å²) in [5.41, 5.74) is 4.39. The van der Waals surface area contributed by atoms with Crippen LogP contribution in [0.1, 0.15) is 22.3 Å². The summed E-state index contributed by atoms with van der Waals surface area (Å²) in [7, 11) is -2.99. The lowest BCUT2D eigenvalue weighted by Crippen LogP contribution is -2.27. The summed E-state index contributed by atoms with van der Waals surface area (Å²) < 4.78 is 21.9. The third-order valence-corrected chi connectivity index (χ3v) is 3.58. The van der Waals surface area contributed by atoms with Gasteiger partial charge in [-0.2, -0.15) is 0 Å². The number of amides is 1. The van der Waals surface area contributed by atoms with E-state index in [1.165, 1.54) is 6.26 Å². The first-order valence-corrected chi connectivity index (χ1v) is 7.93. The highest BCUT2D eigenvalue weighted by atomic mass is 32.2. The quantitative estimate of drug-likeness (QED) is 0.400. The van der Waals surface area contributed by atoms with Gasteiger partial charge in [0.25, 0.3) is 5.91 Å². The zero-order valence-electron chi connectivity index (χ0n) is 11.1. The number of nitrogen functional groups attached to an aromatic ring is 1. The van der Waals surface area contributed by atoms with E-state index >= 15 is 0 Å². The first-order chi connectivity index (χ1) is 8.83. The zero-order valence-corrected chi connectivity index (χ0v) is 11.9. The van der Waals surface area contributed by atoms with E-state index < -0.39 is 9.84 Å². The maximum absolute atomic E-state index is 11.9. The Kier molecular flexibility index (Phi) is 5.31. The monoisotopic (exact) mass is 285 g/mol. The molecule has 6 nitrogen and oxygen atoms in total. The van der Waals surface area contributed by atoms with Crippen LogP contribution in [0.15, 0.2) is 18.2 Å². The average molecular weight is 285 g/mol. The molecule has 0 unspecified atom stereocenters. The molecule has 0 atom stereocenters. The van der Waals surface area contributed by atoms with E-state index in [1.54, 1.807) is 12.1 Å². The molecule has 19 heavy (non-hydrogen) atoms. The second kappa shape index (κ2) is 6.53. The van der Waals surface area contributed by atoms with Crippen molar-refractivity contribution in [1.29, 1.82) is 0 Å². The minimum atomic E-state index is -2.99. The first-order valence-electron chi connectivity index (χ1n) is 5.86. The van der Waals surface area contributed by atoms with Crippen molar-refractivity contribution >= 4 is 21.4 Å². The molecule has 0 aliphatic carbocycles. The van der Waals surface area contributed by atoms with Crippen LogP contribution in [-0.4, -0.2) is 32.9 Å². The van der Waals surface area contributed by atoms with Gasteiger partial charge in [-0.05, 0) is 25.5 Å². The average Bonchev–Trinajstić information content (AvgIpc) is 2.33. The van der Waals surface area contributed by atoms with Crippen molar-refractivity contribution in [2.45, 2.75) is 13.3 Å². The van der Waals surface area contributed by atoms with Gasteiger partial charge in [-0.3, -0.25) is 10.6 Å². The number of hydrogen-bond donors (Lipinski definition) is 3. The Balaban J connectivity index is 2.61. The van der Waals surface area contributed by atoms with Gasteiger partial charge >= 0.3 is 0 Å². The summed E-state index contributed by atoms with van der Waals surface area (Å²) in [4.78, 5) is 11.9. The van der Waals surface area contributed by atoms with Crippen LogP contribution < -0.4 is 16.6 Å². The molecule has 0 aromatic heterocycles. The molecule has 4 N–H and O–H groups in total. The van der Waals surface area contributed by atoms with Gasteiger partial charge in [-0.1, -0.05) is 11.6 Å². The second-order valence-corrected chi connectivity index (χ2v) is 6.69. The van der Waals surface area contributed by atoms with Crippen LogP contribution in [0.25, 0.3) is 0 Å². The van der Waals surface area contributed by atoms with Crippen LogP contribution in [-0.2, 0) is 9.84 Å². The molecule has 1 rings (SSSR count). The Hall–Kier alpha value is -1.60. The lowest BCUT2D eigenvalue weighted by molar-refractivity contribution is 0.0954. The van der Waals surface area contributed by atoms with Gasteiger partial charge in [0, 0.05) is 12.8 Å². The van der Waals surface area contributed by atoms with Crippen LogP contribution in [0, 0.1) is 6.92 Å². The molecule has 0 heterocycles. The van der Waals surface area contributed by atoms with Crippen LogP contribution in [0.4, 0.5) is 5.69 Å². The Morgan fingerprint density at radius 3 is 2.63 bits per heavy atom. The van der Waals surface area contributed by atoms with Crippen molar-refractivity contribution in [3.63, 3.8) is 0 Å². The molecular formula is C12H19N3O3S. The minimum absolute atomic E-state index is 0.0586. The zero-order chi connectivity index (χ0) is 14.5. The van der Waals surface area contributed by atoms with E-state index in [2.05, 4.69) is 10.7 Å². The highest BCUT2D eigenvalue weighted by molar-refractivity contribution is 7.90. The largest absolute Gasteiger partial charge is 0.352 e. The number of anilines is 1. The van der Waals surface area contributed by atoms with Gasteiger partial charge in [0.1, 0.15) is 9.84 Å². The summed E-state index contributed by atoms with van der Waals surface area (Å²) in [5.74, 6) is 5.13. The third kappa shape index (κ3) is 5.27. The Morgan fingerprint density at radius 2 is 2.05 bits per heavy atom. The number of sulfone groups is 1. The Labute approximate surface area is 113 Å². The maximum atomic E-state index is 11.9. The summed E-state index contributed by atoms with van der Waals surface area (Å²) >= 11 is 0. The topological polar surface area (TPSA) is 101 Å². The van der Waals surface area contributed by atoms with Gasteiger partial charge in [0.2, 0.25) is 0 Å². The fourth-order valence-electron chi connectivity index (χ4n) is 1.60. The SMILES string of the molecule is Cc1ccc(NN)c(C(=O)NCCCS(C)(=O)=O)c1. The van der Waals surface area contributed by atoms with Crippen molar-refractivity contribution in [3.05, 3.63) is 29.3 Å². The summed E-state index contributed by atoms with van der Waals surface area (Å²) in [6.07, 6.45) is 1.56. The van der Waals surface area contributed by atoms with Gasteiger partial charge in [0.05, 0.1) is 17.0 Å². The van der Waals surface area contributed by atoms with Crippen molar-refractivity contribution in [1.82, 2.24) is 5.32 Å². The molecule has 0 saturated carbocycles. The number of nitrogens with one attached hydrogen (secondary N) is 2. The Morgan fingerprint density at radius 1 is 1.37 bits per heavy atom. The van der Waals surface area contributed by atoms with Crippen molar-refractivity contribution in [2.75, 3.05) is 24.0 Å². The second-order valence-electron chi connectivity index (χ2n) is 4.43. The maximum Gasteiger partial charge on any atom is 0.253 e. The molecule has 0 aliphatic heterocycles. The number of hydrogen-bond acceptors (Lipinski definition) is 5.